The van der Waals surface area contributed by atoms with Gasteiger partial charge in [-0.3, -0.25) is 0 Å². The van der Waals surface area contributed by atoms with Crippen LogP contribution in [0.1, 0.15) is 19.3 Å². The van der Waals surface area contributed by atoms with Crippen LogP contribution in [0.5, 0.6) is 0 Å². The zero-order chi connectivity index (χ0) is 6.36. The molecule has 0 N–H and O–H groups in total. The first kappa shape index (κ1) is 7.97. The van der Waals surface area contributed by atoms with E-state index >= 15 is 0 Å². The van der Waals surface area contributed by atoms with Gasteiger partial charge in [-0.05, 0) is 0 Å². The van der Waals surface area contributed by atoms with Gasteiger partial charge in [0.1, 0.15) is 0 Å². The molecule has 9 heavy (non-hydrogen) atoms. The minimum absolute atomic E-state index is 1.00. The Hall–Kier alpha value is 0.869. The minimum atomic E-state index is 1.00. The van der Waals surface area contributed by atoms with Crippen LogP contribution in [0.3, 0.4) is 0 Å². The van der Waals surface area contributed by atoms with Gasteiger partial charge in [-0.25, -0.2) is 0 Å². The maximum absolute atomic E-state index is 2.15. The Balaban J connectivity index is 2.02. The maximum atomic E-state index is 2.15. The summed E-state index contributed by atoms with van der Waals surface area (Å²) in [4.78, 5) is 0. The second-order valence-electron chi connectivity index (χ2n) is 2.29. The van der Waals surface area contributed by atoms with E-state index in [1.54, 1.807) is 10.6 Å². The van der Waals surface area contributed by atoms with Gasteiger partial charge in [-0.2, -0.15) is 0 Å². The quantitative estimate of drug-likeness (QED) is 0.552. The third-order valence-electron chi connectivity index (χ3n) is 1.40. The van der Waals surface area contributed by atoms with Crippen LogP contribution in [-0.4, -0.2) is 26.5 Å². The summed E-state index contributed by atoms with van der Waals surface area (Å²) < 4.78 is 0. The summed E-state index contributed by atoms with van der Waals surface area (Å²) in [5, 5.41) is 3.09. The molecular weight excluding hydrogens is 195 g/mol. The van der Waals surface area contributed by atoms with Crippen LogP contribution in [0, 0.1) is 0 Å². The molecule has 1 aliphatic heterocycles. The molecule has 0 radical (unpaired) electrons. The fourth-order valence-corrected chi connectivity index (χ4v) is 4.26. The predicted octanol–water partition coefficient (Wildman–Crippen LogP) is 2.44. The van der Waals surface area contributed by atoms with Crippen molar-refractivity contribution in [3.8, 4) is 0 Å². The molecule has 0 saturated carbocycles. The molecule has 0 aliphatic carbocycles. The summed E-state index contributed by atoms with van der Waals surface area (Å²) in [6.07, 6.45) is 4.48. The van der Waals surface area contributed by atoms with Crippen LogP contribution in [0.2, 0.25) is 10.6 Å². The third kappa shape index (κ3) is 4.30. The normalized spacial score (nSPS) is 24.0. The Labute approximate surface area is 68.3 Å². The Kier molecular flexibility index (Phi) is 4.99. The van der Waals surface area contributed by atoms with Crippen molar-refractivity contribution in [1.29, 1.82) is 0 Å². The van der Waals surface area contributed by atoms with E-state index in [2.05, 4.69) is 11.8 Å². The zero-order valence-corrected chi connectivity index (χ0v) is 8.30. The second kappa shape index (κ2) is 5.64. The standard InChI is InChI=1S/C7H14SSe/c1-2-6-9-7-3-5-8-4-1/h1-7H2. The molecule has 0 atom stereocenters. The van der Waals surface area contributed by atoms with Gasteiger partial charge in [0.15, 0.2) is 0 Å². The molecule has 0 spiro atoms. The SMILES string of the molecule is C1CC[Se]CCCSC1. The second-order valence-corrected chi connectivity index (χ2v) is 6.08. The average Bonchev–Trinajstić information content (AvgIpc) is 2.00. The van der Waals surface area contributed by atoms with E-state index in [9.17, 15) is 0 Å². The number of thioether (sulfide) groups is 1. The molecule has 0 nitrogen and oxygen atoms in total. The molecule has 1 rings (SSSR count). The molecule has 2 heteroatoms. The predicted molar refractivity (Wildman–Crippen MR) is 46.5 cm³/mol. The first-order valence-electron chi connectivity index (χ1n) is 3.65. The van der Waals surface area contributed by atoms with Crippen molar-refractivity contribution in [2.45, 2.75) is 29.9 Å². The Bertz CT molecular complexity index is 37.4. The van der Waals surface area contributed by atoms with Crippen LogP contribution in [0.25, 0.3) is 0 Å². The number of hydrogen-bond donors (Lipinski definition) is 0. The molecule has 0 aromatic heterocycles. The molecule has 0 aromatic rings. The fourth-order valence-electron chi connectivity index (χ4n) is 0.875. The molecule has 0 aromatic carbocycles. The molecule has 1 fully saturated rings. The van der Waals surface area contributed by atoms with Crippen molar-refractivity contribution in [2.24, 2.45) is 0 Å². The van der Waals surface area contributed by atoms with Crippen LogP contribution < -0.4 is 0 Å². The van der Waals surface area contributed by atoms with Gasteiger partial charge in [0.25, 0.3) is 0 Å². The van der Waals surface area contributed by atoms with Crippen molar-refractivity contribution in [3.05, 3.63) is 0 Å². The van der Waals surface area contributed by atoms with Gasteiger partial charge >= 0.3 is 68.1 Å². The van der Waals surface area contributed by atoms with E-state index in [4.69, 9.17) is 0 Å². The van der Waals surface area contributed by atoms with E-state index < -0.39 is 0 Å². The Morgan fingerprint density at radius 1 is 0.889 bits per heavy atom. The fraction of sp³-hybridized carbons (Fsp3) is 1.00. The van der Waals surface area contributed by atoms with Gasteiger partial charge in [-0.15, -0.1) is 0 Å². The van der Waals surface area contributed by atoms with Gasteiger partial charge < -0.3 is 0 Å². The molecule has 0 bridgehead atoms. The van der Waals surface area contributed by atoms with E-state index in [-0.39, 0.29) is 0 Å². The van der Waals surface area contributed by atoms with Crippen LogP contribution in [0.4, 0.5) is 0 Å². The summed E-state index contributed by atoms with van der Waals surface area (Å²) in [6.45, 7) is 0. The van der Waals surface area contributed by atoms with Gasteiger partial charge in [-0.1, -0.05) is 0 Å². The summed E-state index contributed by atoms with van der Waals surface area (Å²) in [7, 11) is 0. The van der Waals surface area contributed by atoms with Crippen molar-refractivity contribution in [3.63, 3.8) is 0 Å². The molecule has 1 heterocycles. The average molecular weight is 209 g/mol. The van der Waals surface area contributed by atoms with Crippen LogP contribution in [-0.2, 0) is 0 Å². The van der Waals surface area contributed by atoms with Crippen LogP contribution >= 0.6 is 11.8 Å². The van der Waals surface area contributed by atoms with Crippen molar-refractivity contribution >= 4 is 26.7 Å². The molecule has 1 aliphatic rings. The monoisotopic (exact) mass is 210 g/mol. The summed E-state index contributed by atoms with van der Waals surface area (Å²) in [5.41, 5.74) is 0. The molecule has 1 saturated heterocycles. The first-order chi connectivity index (χ1) is 4.50. The van der Waals surface area contributed by atoms with Gasteiger partial charge in [0.05, 0.1) is 0 Å². The third-order valence-corrected chi connectivity index (χ3v) is 4.98. The van der Waals surface area contributed by atoms with E-state index in [0.29, 0.717) is 0 Å². The first-order valence-corrected chi connectivity index (χ1v) is 7.23. The summed E-state index contributed by atoms with van der Waals surface area (Å²) >= 11 is 3.16. The molecular formula is C7H14SSe. The Morgan fingerprint density at radius 2 is 1.67 bits per heavy atom. The van der Waals surface area contributed by atoms with Crippen LogP contribution in [0.15, 0.2) is 0 Å². The van der Waals surface area contributed by atoms with Gasteiger partial charge in [0, 0.05) is 0 Å². The molecule has 0 amide bonds. The van der Waals surface area contributed by atoms with E-state index in [0.717, 1.165) is 15.0 Å². The van der Waals surface area contributed by atoms with Crippen molar-refractivity contribution in [2.75, 3.05) is 11.5 Å². The Morgan fingerprint density at radius 3 is 2.67 bits per heavy atom. The summed E-state index contributed by atoms with van der Waals surface area (Å²) in [5.74, 6) is 2.86. The van der Waals surface area contributed by atoms with Crippen molar-refractivity contribution < 1.29 is 0 Å². The number of rotatable bonds is 0. The van der Waals surface area contributed by atoms with E-state index in [1.165, 1.54) is 30.8 Å². The van der Waals surface area contributed by atoms with Gasteiger partial charge in [0.2, 0.25) is 0 Å². The zero-order valence-electron chi connectivity index (χ0n) is 5.77. The molecule has 54 valence electrons. The molecule has 0 unspecified atom stereocenters. The summed E-state index contributed by atoms with van der Waals surface area (Å²) in [6, 6.07) is 0. The van der Waals surface area contributed by atoms with E-state index in [1.807, 2.05) is 0 Å². The topological polar surface area (TPSA) is 0 Å². The number of hydrogen-bond acceptors (Lipinski definition) is 1. The van der Waals surface area contributed by atoms with Crippen molar-refractivity contribution in [1.82, 2.24) is 0 Å².